The number of hydrogen-bond donors (Lipinski definition) is 1. The lowest BCUT2D eigenvalue weighted by Crippen LogP contribution is -2.19. The predicted octanol–water partition coefficient (Wildman–Crippen LogP) is 5.44. The molecule has 1 aliphatic carbocycles. The van der Waals surface area contributed by atoms with Gasteiger partial charge in [0.1, 0.15) is 0 Å². The molecule has 0 unspecified atom stereocenters. The fourth-order valence-corrected chi connectivity index (χ4v) is 2.78. The van der Waals surface area contributed by atoms with Crippen LogP contribution < -0.4 is 0 Å². The number of allylic oxidation sites excluding steroid dienone is 7. The van der Waals surface area contributed by atoms with Crippen LogP contribution in [0.2, 0.25) is 0 Å². The molecule has 0 aliphatic heterocycles. The molecular weight excluding hydrogens is 284 g/mol. The molecule has 0 heterocycles. The molecule has 0 aromatic carbocycles. The van der Waals surface area contributed by atoms with Crippen molar-refractivity contribution in [2.24, 2.45) is 5.41 Å². The molecule has 0 atom stereocenters. The van der Waals surface area contributed by atoms with Crippen LogP contribution in [0.15, 0.2) is 46.1 Å². The van der Waals surface area contributed by atoms with Crippen molar-refractivity contribution < 1.29 is 9.90 Å². The van der Waals surface area contributed by atoms with Gasteiger partial charge in [0.25, 0.3) is 0 Å². The van der Waals surface area contributed by atoms with Crippen LogP contribution in [0.1, 0.15) is 60.8 Å². The van der Waals surface area contributed by atoms with Gasteiger partial charge in [0, 0.05) is 17.2 Å². The largest absolute Gasteiger partial charge is 0.478 e. The second-order valence-electron chi connectivity index (χ2n) is 7.01. The molecule has 0 aromatic rings. The van der Waals surface area contributed by atoms with Crippen molar-refractivity contribution in [3.05, 3.63) is 46.1 Å². The highest BCUT2D eigenvalue weighted by atomic mass is 16.4. The zero-order valence-electron chi connectivity index (χ0n) is 15.2. The molecule has 0 fully saturated rings. The van der Waals surface area contributed by atoms with Crippen molar-refractivity contribution in [2.45, 2.75) is 60.8 Å². The van der Waals surface area contributed by atoms with Crippen molar-refractivity contribution in [3.8, 4) is 11.8 Å². The van der Waals surface area contributed by atoms with Crippen LogP contribution in [-0.2, 0) is 4.79 Å². The molecule has 2 nitrogen and oxygen atoms in total. The van der Waals surface area contributed by atoms with E-state index in [1.165, 1.54) is 30.1 Å². The van der Waals surface area contributed by atoms with Crippen LogP contribution >= 0.6 is 0 Å². The number of rotatable bonds is 3. The van der Waals surface area contributed by atoms with Crippen molar-refractivity contribution in [2.75, 3.05) is 0 Å². The zero-order valence-corrected chi connectivity index (χ0v) is 15.2. The van der Waals surface area contributed by atoms with Gasteiger partial charge in [0.05, 0.1) is 0 Å². The smallest absolute Gasteiger partial charge is 0.328 e. The first-order valence-corrected chi connectivity index (χ1v) is 8.12. The van der Waals surface area contributed by atoms with Gasteiger partial charge in [-0.1, -0.05) is 43.4 Å². The Morgan fingerprint density at radius 3 is 2.43 bits per heavy atom. The monoisotopic (exact) mass is 312 g/mol. The number of carboxylic acids is 1. The van der Waals surface area contributed by atoms with Gasteiger partial charge in [-0.3, -0.25) is 0 Å². The van der Waals surface area contributed by atoms with Crippen molar-refractivity contribution >= 4 is 5.97 Å². The topological polar surface area (TPSA) is 37.3 Å². The summed E-state index contributed by atoms with van der Waals surface area (Å²) in [6.07, 6.45) is 8.51. The quantitative estimate of drug-likeness (QED) is 0.428. The van der Waals surface area contributed by atoms with Gasteiger partial charge >= 0.3 is 5.97 Å². The molecule has 0 spiro atoms. The Bertz CT molecular complexity index is 656. The van der Waals surface area contributed by atoms with Crippen molar-refractivity contribution in [1.29, 1.82) is 0 Å². The van der Waals surface area contributed by atoms with Crippen molar-refractivity contribution in [1.82, 2.24) is 0 Å². The second-order valence-corrected chi connectivity index (χ2v) is 7.01. The second kappa shape index (κ2) is 8.02. The lowest BCUT2D eigenvalue weighted by molar-refractivity contribution is -0.131. The van der Waals surface area contributed by atoms with Crippen LogP contribution in [0.3, 0.4) is 0 Å². The normalized spacial score (nSPS) is 19.3. The Hall–Kier alpha value is -2.01. The summed E-state index contributed by atoms with van der Waals surface area (Å²) < 4.78 is 0. The maximum Gasteiger partial charge on any atom is 0.328 e. The fraction of sp³-hybridized carbons (Fsp3) is 0.476. The fourth-order valence-electron chi connectivity index (χ4n) is 2.78. The Labute approximate surface area is 140 Å². The first kappa shape index (κ1) is 19.0. The highest BCUT2D eigenvalue weighted by molar-refractivity contribution is 5.81. The summed E-state index contributed by atoms with van der Waals surface area (Å²) >= 11 is 0. The van der Waals surface area contributed by atoms with Crippen LogP contribution in [0, 0.1) is 17.3 Å². The maximum atomic E-state index is 10.6. The van der Waals surface area contributed by atoms with E-state index in [9.17, 15) is 4.79 Å². The van der Waals surface area contributed by atoms with Crippen LogP contribution in [0.4, 0.5) is 0 Å². The Morgan fingerprint density at radius 1 is 1.22 bits per heavy atom. The number of carboxylic acid groups (broad SMARTS) is 1. The number of hydrogen-bond acceptors (Lipinski definition) is 1. The summed E-state index contributed by atoms with van der Waals surface area (Å²) in [5.41, 5.74) is 5.65. The summed E-state index contributed by atoms with van der Waals surface area (Å²) in [6, 6.07) is 0. The van der Waals surface area contributed by atoms with E-state index in [-0.39, 0.29) is 5.41 Å². The molecule has 2 heteroatoms. The third kappa shape index (κ3) is 5.94. The predicted molar refractivity (Wildman–Crippen MR) is 97.0 cm³/mol. The van der Waals surface area contributed by atoms with E-state index in [2.05, 4.69) is 32.6 Å². The van der Waals surface area contributed by atoms with Gasteiger partial charge in [0.15, 0.2) is 0 Å². The maximum absolute atomic E-state index is 10.6. The standard InChI is InChI=1S/C21H28O2/c1-15(14-20(22)23)9-10-16(2)17(3)11-12-19-18(4)8-7-13-21(19,5)6/h9-10,14H,7-8,13H2,1-6H3,(H,22,23)/b10-9+,15-14+,17-16-. The first-order valence-electron chi connectivity index (χ1n) is 8.12. The summed E-state index contributed by atoms with van der Waals surface area (Å²) in [5, 5.41) is 8.71. The average molecular weight is 312 g/mol. The summed E-state index contributed by atoms with van der Waals surface area (Å²) in [7, 11) is 0. The van der Waals surface area contributed by atoms with Gasteiger partial charge in [0.2, 0.25) is 0 Å². The molecule has 1 rings (SSSR count). The highest BCUT2D eigenvalue weighted by Crippen LogP contribution is 2.39. The number of carbonyl (C=O) groups is 1. The van der Waals surface area contributed by atoms with Gasteiger partial charge < -0.3 is 5.11 Å². The molecule has 1 N–H and O–H groups in total. The molecule has 0 saturated heterocycles. The minimum atomic E-state index is -0.924. The lowest BCUT2D eigenvalue weighted by atomic mass is 9.73. The minimum Gasteiger partial charge on any atom is -0.478 e. The SMILES string of the molecule is CC1=C(C#C\C(C)=C(C)/C=C/C(C)=C/C(=O)O)C(C)(C)CCC1. The van der Waals surface area contributed by atoms with E-state index in [1.54, 1.807) is 6.92 Å². The van der Waals surface area contributed by atoms with E-state index in [0.717, 1.165) is 17.6 Å². The summed E-state index contributed by atoms with van der Waals surface area (Å²) in [5.74, 6) is 5.75. The molecule has 0 bridgehead atoms. The van der Waals surface area contributed by atoms with E-state index in [1.807, 2.05) is 26.0 Å². The van der Waals surface area contributed by atoms with E-state index >= 15 is 0 Å². The molecular formula is C21H28O2. The summed E-state index contributed by atoms with van der Waals surface area (Å²) in [6.45, 7) is 12.5. The molecule has 1 aliphatic rings. The average Bonchev–Trinajstić information content (AvgIpc) is 2.42. The van der Waals surface area contributed by atoms with Crippen LogP contribution in [-0.4, -0.2) is 11.1 Å². The third-order valence-corrected chi connectivity index (χ3v) is 4.37. The molecule has 0 aromatic heterocycles. The molecule has 124 valence electrons. The lowest BCUT2D eigenvalue weighted by Gasteiger charge is -2.31. The molecule has 0 amide bonds. The Morgan fingerprint density at radius 2 is 1.87 bits per heavy atom. The number of aliphatic carboxylic acids is 1. The minimum absolute atomic E-state index is 0.167. The van der Waals surface area contributed by atoms with Crippen molar-refractivity contribution in [3.63, 3.8) is 0 Å². The Balaban J connectivity index is 3.01. The highest BCUT2D eigenvalue weighted by Gasteiger charge is 2.27. The molecule has 0 saturated carbocycles. The van der Waals surface area contributed by atoms with E-state index < -0.39 is 5.97 Å². The Kier molecular flexibility index (Phi) is 6.63. The van der Waals surface area contributed by atoms with Crippen LogP contribution in [0.25, 0.3) is 0 Å². The van der Waals surface area contributed by atoms with E-state index in [0.29, 0.717) is 5.57 Å². The van der Waals surface area contributed by atoms with E-state index in [4.69, 9.17) is 5.11 Å². The zero-order chi connectivity index (χ0) is 17.6. The van der Waals surface area contributed by atoms with Crippen LogP contribution in [0.5, 0.6) is 0 Å². The molecule has 23 heavy (non-hydrogen) atoms. The first-order chi connectivity index (χ1) is 10.6. The summed E-state index contributed by atoms with van der Waals surface area (Å²) in [4.78, 5) is 10.6. The van der Waals surface area contributed by atoms with Gasteiger partial charge in [-0.15, -0.1) is 0 Å². The van der Waals surface area contributed by atoms with Gasteiger partial charge in [-0.05, 0) is 63.5 Å². The van der Waals surface area contributed by atoms with Gasteiger partial charge in [-0.25, -0.2) is 4.79 Å². The van der Waals surface area contributed by atoms with Gasteiger partial charge in [-0.2, -0.15) is 0 Å². The molecule has 0 radical (unpaired) electrons. The third-order valence-electron chi connectivity index (χ3n) is 4.37.